The van der Waals surface area contributed by atoms with Crippen LogP contribution < -0.4 is 90.0 Å². The van der Waals surface area contributed by atoms with E-state index in [2.05, 4.69) is 32.8 Å². The maximum Gasteiger partial charge on any atom is 1.00 e. The van der Waals surface area contributed by atoms with Crippen LogP contribution in [0.3, 0.4) is 0 Å². The van der Waals surface area contributed by atoms with E-state index in [0.29, 0.717) is 0 Å². The second kappa shape index (κ2) is 17.1. The molecular formula is C21H26N7Na2O17P3. The third-order valence-corrected chi connectivity index (χ3v) is 9.99. The van der Waals surface area contributed by atoms with Gasteiger partial charge in [-0.2, -0.15) is 4.57 Å². The molecule has 50 heavy (non-hydrogen) atoms. The Morgan fingerprint density at radius 3 is 2.28 bits per heavy atom. The first-order chi connectivity index (χ1) is 22.4. The Hall–Kier alpha value is -0.860. The van der Waals surface area contributed by atoms with Gasteiger partial charge in [-0.3, -0.25) is 23.0 Å². The van der Waals surface area contributed by atoms with Crippen molar-refractivity contribution in [3.63, 3.8) is 0 Å². The van der Waals surface area contributed by atoms with Gasteiger partial charge >= 0.3 is 66.9 Å². The van der Waals surface area contributed by atoms with Gasteiger partial charge in [-0.15, -0.1) is 0 Å². The van der Waals surface area contributed by atoms with E-state index in [0.717, 1.165) is 17.2 Å². The second-order valence-corrected chi connectivity index (χ2v) is 14.3. The van der Waals surface area contributed by atoms with Crippen LogP contribution in [0.1, 0.15) is 22.8 Å². The Kier molecular flexibility index (Phi) is 14.9. The second-order valence-electron chi connectivity index (χ2n) is 10.2. The van der Waals surface area contributed by atoms with Gasteiger partial charge in [0.25, 0.3) is 27.8 Å². The largest absolute Gasteiger partial charge is 1.00 e. The number of primary amides is 1. The van der Waals surface area contributed by atoms with Crippen LogP contribution in [0.15, 0.2) is 37.2 Å². The number of phosphoric ester groups is 3. The molecule has 2 fully saturated rings. The van der Waals surface area contributed by atoms with Crippen molar-refractivity contribution < 1.29 is 144 Å². The minimum atomic E-state index is -5.86. The molecule has 0 aliphatic carbocycles. The molecular weight excluding hydrogens is 761 g/mol. The number of aromatic nitrogens is 5. The summed E-state index contributed by atoms with van der Waals surface area (Å²) in [4.78, 5) is 66.5. The quantitative estimate of drug-likeness (QED) is 0.0532. The summed E-state index contributed by atoms with van der Waals surface area (Å²) < 4.78 is 67.1. The third kappa shape index (κ3) is 10.2. The van der Waals surface area contributed by atoms with E-state index in [9.17, 15) is 53.4 Å². The van der Waals surface area contributed by atoms with E-state index in [4.69, 9.17) is 20.9 Å². The molecule has 264 valence electrons. The Balaban J connectivity index is 0.00000338. The van der Waals surface area contributed by atoms with E-state index in [1.165, 1.54) is 29.1 Å². The van der Waals surface area contributed by atoms with Gasteiger partial charge < -0.3 is 64.9 Å². The maximum absolute atomic E-state index is 13.0. The summed E-state index contributed by atoms with van der Waals surface area (Å²) in [5.74, 6) is -0.895. The molecule has 3 aromatic heterocycles. The summed E-state index contributed by atoms with van der Waals surface area (Å²) >= 11 is 0. The smallest absolute Gasteiger partial charge is 0.848 e. The molecule has 1 amide bonds. The van der Waals surface area contributed by atoms with Crippen molar-refractivity contribution in [2.75, 3.05) is 18.9 Å². The molecule has 0 radical (unpaired) electrons. The number of nitrogen functional groups attached to an aromatic ring is 1. The molecule has 0 spiro atoms. The molecule has 10 atom stereocenters. The fourth-order valence-electron chi connectivity index (χ4n) is 4.80. The number of imidazole rings is 1. The number of pyridine rings is 1. The molecule has 0 saturated carbocycles. The summed E-state index contributed by atoms with van der Waals surface area (Å²) in [6, 6.07) is 2.75. The maximum atomic E-state index is 13.0. The molecule has 2 aliphatic heterocycles. The molecule has 5 rings (SSSR count). The van der Waals surface area contributed by atoms with E-state index in [1.54, 1.807) is 0 Å². The van der Waals surface area contributed by atoms with Gasteiger partial charge in [-0.05, 0) is 6.07 Å². The number of carbonyl (C=O) groups is 1. The predicted octanol–water partition coefficient (Wildman–Crippen LogP) is -10.8. The van der Waals surface area contributed by atoms with Crippen molar-refractivity contribution >= 4 is 46.4 Å². The van der Waals surface area contributed by atoms with Gasteiger partial charge in [-0.25, -0.2) is 23.8 Å². The summed E-state index contributed by atoms with van der Waals surface area (Å²) in [5, 5.41) is 33.7. The van der Waals surface area contributed by atoms with Gasteiger partial charge in [0.05, 0.1) is 25.6 Å². The van der Waals surface area contributed by atoms with Gasteiger partial charge in [0.2, 0.25) is 0 Å². The van der Waals surface area contributed by atoms with Gasteiger partial charge in [-0.1, -0.05) is 6.10 Å². The normalized spacial score (nSPS) is 29.1. The van der Waals surface area contributed by atoms with E-state index >= 15 is 0 Å². The molecule has 5 heterocycles. The van der Waals surface area contributed by atoms with Crippen LogP contribution in [0.25, 0.3) is 11.2 Å². The van der Waals surface area contributed by atoms with Crippen LogP contribution in [-0.4, -0.2) is 95.3 Å². The van der Waals surface area contributed by atoms with Crippen LogP contribution in [0.4, 0.5) is 5.82 Å². The standard InChI is InChI=1S/C21H28N7O17P3.2Na/c22-17-12-19(25-7-24-17)28(8-26-12)21-16(44-46(33,34)35)14(30)11(43-21)6-41-48(38,39)45-47(36,37)40-5-10-13(29)15(31)20(42-10)27-3-1-2-9(4-27)18(23)32;;/h1-4,7-8,10-11,13-16,20-21,29,31H,5-6H2,(H2,23,32)(H,36,37)(H,38,39)(H2,22,24,25)(H2,33,34,35);;/q;2*+1/p-2/t10-,11-,13-,14-,15-,16-,20-,21-;;/m1../s1. The first-order valence-electron chi connectivity index (χ1n) is 13.3. The van der Waals surface area contributed by atoms with Crippen molar-refractivity contribution in [3.05, 3.63) is 42.7 Å². The van der Waals surface area contributed by atoms with Crippen molar-refractivity contribution in [1.82, 2.24) is 19.5 Å². The summed E-state index contributed by atoms with van der Waals surface area (Å²) in [5.41, 5.74) is 11.0. The van der Waals surface area contributed by atoms with Crippen LogP contribution in [0.2, 0.25) is 0 Å². The Labute approximate surface area is 324 Å². The number of aliphatic hydroxyl groups is 2. The molecule has 3 aromatic rings. The van der Waals surface area contributed by atoms with Gasteiger partial charge in [0.15, 0.2) is 36.2 Å². The Bertz CT molecular complexity index is 1820. The minimum absolute atomic E-state index is 0. The van der Waals surface area contributed by atoms with Crippen LogP contribution >= 0.6 is 23.5 Å². The molecule has 0 bridgehead atoms. The summed E-state index contributed by atoms with van der Waals surface area (Å²) in [6.07, 6.45) is -9.41. The number of hydrogen-bond acceptors (Lipinski definition) is 19. The number of rotatable bonds is 13. The van der Waals surface area contributed by atoms with E-state index in [-0.39, 0.29) is 81.7 Å². The first kappa shape index (κ1) is 43.5. The molecule has 29 heteroatoms. The first-order valence-corrected chi connectivity index (χ1v) is 17.7. The van der Waals surface area contributed by atoms with Crippen LogP contribution in [-0.2, 0) is 41.1 Å². The third-order valence-electron chi connectivity index (χ3n) is 6.94. The number of carbonyl (C=O) groups excluding carboxylic acids is 1. The number of hydrogen-bond donors (Lipinski definition) is 6. The number of aliphatic hydroxyl groups excluding tert-OH is 2. The summed E-state index contributed by atoms with van der Waals surface area (Å²) in [7, 11) is -17.0. The number of nitrogens with zero attached hydrogens (tertiary/aromatic N) is 5. The fraction of sp³-hybridized carbons (Fsp3) is 0.476. The Morgan fingerprint density at radius 1 is 1.02 bits per heavy atom. The molecule has 24 nitrogen and oxygen atoms in total. The molecule has 0 aromatic carbocycles. The van der Waals surface area contributed by atoms with Crippen LogP contribution in [0, 0.1) is 0 Å². The zero-order valence-electron chi connectivity index (χ0n) is 25.8. The number of anilines is 1. The average Bonchev–Trinajstić information content (AvgIpc) is 3.64. The van der Waals surface area contributed by atoms with Crippen molar-refractivity contribution in [3.8, 4) is 0 Å². The summed E-state index contributed by atoms with van der Waals surface area (Å²) in [6.45, 7) is -2.29. The van der Waals surface area contributed by atoms with Crippen molar-refractivity contribution in [1.29, 1.82) is 0 Å². The Morgan fingerprint density at radius 2 is 1.66 bits per heavy atom. The number of nitrogens with two attached hydrogens (primary N) is 2. The SMILES string of the molecule is NC(=O)c1ccc[n+]([C@@H]2O[C@H](COP(=O)([O-])OP(=O)([O-])OC[C@H]3O[C@@H](n4cnc5c(N)ncnc54)[C@H](OP(=O)(O)O)[C@@H]3[O-])[C@@H](O)[C@H]2O)c1.[Na+].[Na+]. The monoisotopic (exact) mass is 787 g/mol. The molecule has 2 saturated heterocycles. The molecule has 2 aliphatic rings. The zero-order valence-corrected chi connectivity index (χ0v) is 32.5. The number of fused-ring (bicyclic) bond motifs is 1. The van der Waals surface area contributed by atoms with Gasteiger partial charge in [0.1, 0.15) is 35.7 Å². The topological polar surface area (TPSA) is 373 Å². The van der Waals surface area contributed by atoms with Crippen LogP contribution in [0.5, 0.6) is 0 Å². The average molecular weight is 787 g/mol. The fourth-order valence-corrected chi connectivity index (χ4v) is 7.36. The predicted molar refractivity (Wildman–Crippen MR) is 144 cm³/mol. The molecule has 8 N–H and O–H groups in total. The number of ether oxygens (including phenoxy) is 2. The molecule has 2 unspecified atom stereocenters. The minimum Gasteiger partial charge on any atom is -0.848 e. The zero-order chi connectivity index (χ0) is 35.2. The number of phosphoric acid groups is 3. The number of amides is 1. The van der Waals surface area contributed by atoms with E-state index in [1.807, 2.05) is 0 Å². The van der Waals surface area contributed by atoms with Gasteiger partial charge in [0, 0.05) is 6.07 Å². The van der Waals surface area contributed by atoms with E-state index < -0.39 is 91.7 Å². The van der Waals surface area contributed by atoms with Crippen molar-refractivity contribution in [2.24, 2.45) is 5.73 Å². The van der Waals surface area contributed by atoms with Crippen molar-refractivity contribution in [2.45, 2.75) is 49.1 Å².